The van der Waals surface area contributed by atoms with E-state index in [9.17, 15) is 4.79 Å². The van der Waals surface area contributed by atoms with Gasteiger partial charge in [0.05, 0.1) is 13.5 Å². The molecule has 0 spiro atoms. The number of esters is 1. The molecule has 4 nitrogen and oxygen atoms in total. The molecule has 0 bridgehead atoms. The molecule has 66 valence electrons. The lowest BCUT2D eigenvalue weighted by Crippen LogP contribution is -2.35. The molecule has 11 heavy (non-hydrogen) atoms. The second kappa shape index (κ2) is 5.09. The maximum atomic E-state index is 10.7. The minimum atomic E-state index is -0.251. The topological polar surface area (TPSA) is 55.6 Å². The van der Waals surface area contributed by atoms with Crippen LogP contribution in [0, 0.1) is 0 Å². The van der Waals surface area contributed by atoms with Crippen molar-refractivity contribution in [2.24, 2.45) is 5.73 Å². The Morgan fingerprint density at radius 3 is 2.55 bits per heavy atom. The maximum Gasteiger partial charge on any atom is 0.307 e. The van der Waals surface area contributed by atoms with Crippen molar-refractivity contribution in [3.05, 3.63) is 0 Å². The molecular weight excluding hydrogens is 144 g/mol. The first kappa shape index (κ1) is 10.4. The average molecular weight is 160 g/mol. The molecule has 1 unspecified atom stereocenters. The SMILES string of the molecule is COC(=O)CC(N)CN(C)C. The van der Waals surface area contributed by atoms with Crippen LogP contribution < -0.4 is 5.73 Å². The van der Waals surface area contributed by atoms with Crippen LogP contribution in [-0.2, 0) is 9.53 Å². The number of nitrogens with zero attached hydrogens (tertiary/aromatic N) is 1. The van der Waals surface area contributed by atoms with E-state index < -0.39 is 0 Å². The summed E-state index contributed by atoms with van der Waals surface area (Å²) in [6.07, 6.45) is 0.286. The first-order valence-corrected chi connectivity index (χ1v) is 3.53. The van der Waals surface area contributed by atoms with Gasteiger partial charge in [0.2, 0.25) is 0 Å². The van der Waals surface area contributed by atoms with Crippen LogP contribution in [0.3, 0.4) is 0 Å². The Bertz CT molecular complexity index is 126. The van der Waals surface area contributed by atoms with Crippen LogP contribution >= 0.6 is 0 Å². The second-order valence-electron chi connectivity index (χ2n) is 2.80. The Labute approximate surface area is 67.3 Å². The third-order valence-electron chi connectivity index (χ3n) is 1.26. The lowest BCUT2D eigenvalue weighted by atomic mass is 10.2. The van der Waals surface area contributed by atoms with Crippen molar-refractivity contribution in [2.75, 3.05) is 27.7 Å². The van der Waals surface area contributed by atoms with Crippen LogP contribution in [0.2, 0.25) is 0 Å². The van der Waals surface area contributed by atoms with Gasteiger partial charge in [0, 0.05) is 12.6 Å². The summed E-state index contributed by atoms with van der Waals surface area (Å²) >= 11 is 0. The minimum Gasteiger partial charge on any atom is -0.469 e. The van der Waals surface area contributed by atoms with E-state index in [1.54, 1.807) is 0 Å². The van der Waals surface area contributed by atoms with Crippen molar-refractivity contribution in [1.82, 2.24) is 4.90 Å². The highest BCUT2D eigenvalue weighted by Gasteiger charge is 2.09. The summed E-state index contributed by atoms with van der Waals surface area (Å²) in [4.78, 5) is 12.6. The molecule has 0 heterocycles. The number of hydrogen-bond donors (Lipinski definition) is 1. The van der Waals surface area contributed by atoms with E-state index in [1.807, 2.05) is 19.0 Å². The molecule has 2 N–H and O–H groups in total. The van der Waals surface area contributed by atoms with Gasteiger partial charge < -0.3 is 15.4 Å². The minimum absolute atomic E-state index is 0.127. The lowest BCUT2D eigenvalue weighted by molar-refractivity contribution is -0.141. The zero-order chi connectivity index (χ0) is 8.85. The number of carbonyl (C=O) groups excluding carboxylic acids is 1. The maximum absolute atomic E-state index is 10.7. The predicted molar refractivity (Wildman–Crippen MR) is 43.2 cm³/mol. The highest BCUT2D eigenvalue weighted by molar-refractivity contribution is 5.69. The molecule has 0 fully saturated rings. The molecule has 0 aromatic carbocycles. The van der Waals surface area contributed by atoms with E-state index in [-0.39, 0.29) is 18.4 Å². The van der Waals surface area contributed by atoms with Gasteiger partial charge in [-0.3, -0.25) is 4.79 Å². The molecule has 0 saturated heterocycles. The van der Waals surface area contributed by atoms with Crippen LogP contribution in [0.4, 0.5) is 0 Å². The molecule has 0 aromatic rings. The summed E-state index contributed by atoms with van der Waals surface area (Å²) < 4.78 is 4.46. The van der Waals surface area contributed by atoms with Crippen molar-refractivity contribution < 1.29 is 9.53 Å². The van der Waals surface area contributed by atoms with Crippen LogP contribution in [0.5, 0.6) is 0 Å². The lowest BCUT2D eigenvalue weighted by Gasteiger charge is -2.15. The van der Waals surface area contributed by atoms with Gasteiger partial charge >= 0.3 is 5.97 Å². The number of nitrogens with two attached hydrogens (primary N) is 1. The summed E-state index contributed by atoms with van der Waals surface area (Å²) in [5, 5.41) is 0. The number of likely N-dealkylation sites (N-methyl/N-ethyl adjacent to an activating group) is 1. The Morgan fingerprint density at radius 1 is 1.64 bits per heavy atom. The summed E-state index contributed by atoms with van der Waals surface area (Å²) in [6.45, 7) is 0.703. The van der Waals surface area contributed by atoms with E-state index in [0.717, 1.165) is 0 Å². The monoisotopic (exact) mass is 160 g/mol. The fourth-order valence-electron chi connectivity index (χ4n) is 0.831. The van der Waals surface area contributed by atoms with E-state index in [0.29, 0.717) is 6.54 Å². The van der Waals surface area contributed by atoms with Crippen LogP contribution in [-0.4, -0.2) is 44.7 Å². The van der Waals surface area contributed by atoms with Crippen molar-refractivity contribution >= 4 is 5.97 Å². The van der Waals surface area contributed by atoms with Crippen molar-refractivity contribution in [2.45, 2.75) is 12.5 Å². The molecular formula is C7H16N2O2. The Morgan fingerprint density at radius 2 is 2.18 bits per heavy atom. The molecule has 0 rings (SSSR count). The van der Waals surface area contributed by atoms with E-state index in [4.69, 9.17) is 5.73 Å². The molecule has 0 saturated carbocycles. The van der Waals surface area contributed by atoms with E-state index >= 15 is 0 Å². The normalized spacial score (nSPS) is 13.2. The molecule has 4 heteroatoms. The zero-order valence-electron chi connectivity index (χ0n) is 7.33. The first-order chi connectivity index (χ1) is 5.06. The van der Waals surface area contributed by atoms with Crippen LogP contribution in [0.15, 0.2) is 0 Å². The van der Waals surface area contributed by atoms with Gasteiger partial charge in [0.15, 0.2) is 0 Å². The van der Waals surface area contributed by atoms with Gasteiger partial charge in [-0.25, -0.2) is 0 Å². The standard InChI is InChI=1S/C7H16N2O2/c1-9(2)5-6(8)4-7(10)11-3/h6H,4-5,8H2,1-3H3. The fourth-order valence-corrected chi connectivity index (χ4v) is 0.831. The Hall–Kier alpha value is -0.610. The highest BCUT2D eigenvalue weighted by atomic mass is 16.5. The first-order valence-electron chi connectivity index (χ1n) is 3.53. The molecule has 0 amide bonds. The quantitative estimate of drug-likeness (QED) is 0.560. The molecule has 0 aromatic heterocycles. The number of hydrogen-bond acceptors (Lipinski definition) is 4. The number of carbonyl (C=O) groups is 1. The third-order valence-corrected chi connectivity index (χ3v) is 1.26. The molecule has 0 aliphatic heterocycles. The predicted octanol–water partition coefficient (Wildman–Crippen LogP) is -0.562. The molecule has 0 aliphatic carbocycles. The Balaban J connectivity index is 3.51. The largest absolute Gasteiger partial charge is 0.469 e. The summed E-state index contributed by atoms with van der Waals surface area (Å²) in [6, 6.07) is -0.127. The van der Waals surface area contributed by atoms with Gasteiger partial charge in [-0.05, 0) is 14.1 Å². The van der Waals surface area contributed by atoms with Gasteiger partial charge in [-0.15, -0.1) is 0 Å². The van der Waals surface area contributed by atoms with Gasteiger partial charge in [-0.2, -0.15) is 0 Å². The Kier molecular flexibility index (Phi) is 4.81. The summed E-state index contributed by atoms with van der Waals surface area (Å²) in [5.41, 5.74) is 5.61. The summed E-state index contributed by atoms with van der Waals surface area (Å²) in [5.74, 6) is -0.251. The van der Waals surface area contributed by atoms with Crippen LogP contribution in [0.25, 0.3) is 0 Å². The van der Waals surface area contributed by atoms with Crippen molar-refractivity contribution in [1.29, 1.82) is 0 Å². The van der Waals surface area contributed by atoms with Gasteiger partial charge in [0.25, 0.3) is 0 Å². The van der Waals surface area contributed by atoms with Crippen LogP contribution in [0.1, 0.15) is 6.42 Å². The number of ether oxygens (including phenoxy) is 1. The van der Waals surface area contributed by atoms with E-state index in [2.05, 4.69) is 4.74 Å². The fraction of sp³-hybridized carbons (Fsp3) is 0.857. The van der Waals surface area contributed by atoms with Gasteiger partial charge in [0.1, 0.15) is 0 Å². The third kappa shape index (κ3) is 5.82. The average Bonchev–Trinajstić information content (AvgIpc) is 1.85. The highest BCUT2D eigenvalue weighted by Crippen LogP contribution is 1.91. The van der Waals surface area contributed by atoms with Gasteiger partial charge in [-0.1, -0.05) is 0 Å². The van der Waals surface area contributed by atoms with Crippen molar-refractivity contribution in [3.8, 4) is 0 Å². The molecule has 1 atom stereocenters. The second-order valence-corrected chi connectivity index (χ2v) is 2.80. The molecule has 0 aliphatic rings. The number of methoxy groups -OCH3 is 1. The summed E-state index contributed by atoms with van der Waals surface area (Å²) in [7, 11) is 5.19. The van der Waals surface area contributed by atoms with E-state index in [1.165, 1.54) is 7.11 Å². The number of rotatable bonds is 4. The van der Waals surface area contributed by atoms with Crippen molar-refractivity contribution in [3.63, 3.8) is 0 Å². The zero-order valence-corrected chi connectivity index (χ0v) is 7.33. The smallest absolute Gasteiger partial charge is 0.307 e. The molecule has 0 radical (unpaired) electrons.